The summed E-state index contributed by atoms with van der Waals surface area (Å²) in [5.41, 5.74) is 6.34. The monoisotopic (exact) mass is 342 g/mol. The number of hydrogen-bond acceptors (Lipinski definition) is 4. The van der Waals surface area contributed by atoms with Gasteiger partial charge < -0.3 is 20.5 Å². The van der Waals surface area contributed by atoms with E-state index in [1.807, 2.05) is 13.8 Å². The van der Waals surface area contributed by atoms with Gasteiger partial charge in [-0.25, -0.2) is 0 Å². The van der Waals surface area contributed by atoms with Crippen LogP contribution in [-0.4, -0.2) is 24.8 Å². The first-order chi connectivity index (χ1) is 9.49. The van der Waals surface area contributed by atoms with Crippen molar-refractivity contribution in [1.29, 1.82) is 0 Å². The average molecular weight is 343 g/mol. The average Bonchev–Trinajstić information content (AvgIpc) is 2.93. The van der Waals surface area contributed by atoms with Crippen molar-refractivity contribution in [2.24, 2.45) is 5.73 Å². The van der Waals surface area contributed by atoms with Gasteiger partial charge in [0.2, 0.25) is 6.79 Å². The van der Waals surface area contributed by atoms with Crippen LogP contribution in [0.3, 0.4) is 0 Å². The summed E-state index contributed by atoms with van der Waals surface area (Å²) in [6, 6.07) is 3.40. The van der Waals surface area contributed by atoms with Crippen LogP contribution in [-0.2, 0) is 0 Å². The molecular weight excluding hydrogens is 324 g/mol. The third kappa shape index (κ3) is 3.07. The highest BCUT2D eigenvalue weighted by molar-refractivity contribution is 9.10. The van der Waals surface area contributed by atoms with Crippen LogP contribution in [0.15, 0.2) is 16.6 Å². The van der Waals surface area contributed by atoms with Crippen molar-refractivity contribution < 1.29 is 14.3 Å². The first-order valence-electron chi connectivity index (χ1n) is 6.65. The van der Waals surface area contributed by atoms with Gasteiger partial charge in [-0.05, 0) is 40.9 Å². The maximum Gasteiger partial charge on any atom is 0.251 e. The molecule has 2 rings (SSSR count). The molecule has 1 aliphatic heterocycles. The lowest BCUT2D eigenvalue weighted by Gasteiger charge is -2.26. The van der Waals surface area contributed by atoms with E-state index in [-0.39, 0.29) is 18.2 Å². The zero-order valence-electron chi connectivity index (χ0n) is 11.7. The summed E-state index contributed by atoms with van der Waals surface area (Å²) in [6.45, 7) is 4.67. The SMILES string of the molecule is CCC(N)(CC)CNC(=O)c1cc(Br)c2c(c1)OCO2. The Kier molecular flexibility index (Phi) is 4.55. The number of ether oxygens (including phenoxy) is 2. The molecule has 6 heteroatoms. The number of carbonyl (C=O) groups excluding carboxylic acids is 1. The summed E-state index contributed by atoms with van der Waals surface area (Å²) in [6.07, 6.45) is 1.63. The summed E-state index contributed by atoms with van der Waals surface area (Å²) >= 11 is 3.37. The molecule has 0 unspecified atom stereocenters. The summed E-state index contributed by atoms with van der Waals surface area (Å²) in [5.74, 6) is 1.05. The van der Waals surface area contributed by atoms with E-state index in [1.165, 1.54) is 0 Å². The van der Waals surface area contributed by atoms with Crippen LogP contribution in [0.2, 0.25) is 0 Å². The van der Waals surface area contributed by atoms with E-state index in [0.717, 1.165) is 12.8 Å². The number of rotatable bonds is 5. The molecule has 0 spiro atoms. The number of halogens is 1. The highest BCUT2D eigenvalue weighted by Gasteiger charge is 2.23. The van der Waals surface area contributed by atoms with E-state index in [9.17, 15) is 4.79 Å². The van der Waals surface area contributed by atoms with E-state index in [0.29, 0.717) is 28.1 Å². The summed E-state index contributed by atoms with van der Waals surface area (Å²) < 4.78 is 11.3. The van der Waals surface area contributed by atoms with Gasteiger partial charge in [0.15, 0.2) is 11.5 Å². The van der Waals surface area contributed by atoms with Crippen LogP contribution >= 0.6 is 15.9 Å². The number of nitrogens with one attached hydrogen (secondary N) is 1. The highest BCUT2D eigenvalue weighted by Crippen LogP contribution is 2.39. The Labute approximate surface area is 126 Å². The van der Waals surface area contributed by atoms with E-state index in [4.69, 9.17) is 15.2 Å². The van der Waals surface area contributed by atoms with Crippen LogP contribution in [0.25, 0.3) is 0 Å². The molecule has 0 bridgehead atoms. The van der Waals surface area contributed by atoms with Crippen molar-refractivity contribution in [3.63, 3.8) is 0 Å². The summed E-state index contributed by atoms with van der Waals surface area (Å²) in [7, 11) is 0. The zero-order chi connectivity index (χ0) is 14.8. The second-order valence-corrected chi connectivity index (χ2v) is 5.80. The number of benzene rings is 1. The molecule has 0 aromatic heterocycles. The molecule has 0 atom stereocenters. The summed E-state index contributed by atoms with van der Waals surface area (Å²) in [5, 5.41) is 2.88. The van der Waals surface area contributed by atoms with Crippen LogP contribution in [0, 0.1) is 0 Å². The van der Waals surface area contributed by atoms with Crippen molar-refractivity contribution in [2.45, 2.75) is 32.2 Å². The summed E-state index contributed by atoms with van der Waals surface area (Å²) in [4.78, 5) is 12.2. The third-order valence-electron chi connectivity index (χ3n) is 3.70. The maximum atomic E-state index is 12.2. The number of hydrogen-bond donors (Lipinski definition) is 2. The zero-order valence-corrected chi connectivity index (χ0v) is 13.2. The van der Waals surface area contributed by atoms with Crippen molar-refractivity contribution in [3.8, 4) is 11.5 Å². The van der Waals surface area contributed by atoms with Gasteiger partial charge in [0.05, 0.1) is 4.47 Å². The second kappa shape index (κ2) is 6.01. The second-order valence-electron chi connectivity index (χ2n) is 4.94. The molecule has 0 saturated heterocycles. The van der Waals surface area contributed by atoms with Crippen LogP contribution in [0.4, 0.5) is 0 Å². The van der Waals surface area contributed by atoms with Gasteiger partial charge in [-0.3, -0.25) is 4.79 Å². The van der Waals surface area contributed by atoms with E-state index in [1.54, 1.807) is 12.1 Å². The molecule has 1 aromatic rings. The predicted molar refractivity (Wildman–Crippen MR) is 80.1 cm³/mol. The molecular formula is C14H19BrN2O3. The lowest BCUT2D eigenvalue weighted by molar-refractivity contribution is 0.0941. The van der Waals surface area contributed by atoms with Gasteiger partial charge in [0.1, 0.15) is 0 Å². The van der Waals surface area contributed by atoms with Crippen LogP contribution in [0.5, 0.6) is 11.5 Å². The number of carbonyl (C=O) groups is 1. The quantitative estimate of drug-likeness (QED) is 0.861. The van der Waals surface area contributed by atoms with E-state index in [2.05, 4.69) is 21.2 Å². The fourth-order valence-electron chi connectivity index (χ4n) is 1.96. The molecule has 110 valence electrons. The van der Waals surface area contributed by atoms with E-state index < -0.39 is 0 Å². The standard InChI is InChI=1S/C14H19BrN2O3/c1-3-14(16,4-2)7-17-13(18)9-5-10(15)12-11(6-9)19-8-20-12/h5-6H,3-4,7-8,16H2,1-2H3,(H,17,18). The number of amides is 1. The molecule has 0 fully saturated rings. The molecule has 1 heterocycles. The molecule has 1 amide bonds. The predicted octanol–water partition coefficient (Wildman–Crippen LogP) is 2.43. The minimum atomic E-state index is -0.358. The Morgan fingerprint density at radius 3 is 2.75 bits per heavy atom. The third-order valence-corrected chi connectivity index (χ3v) is 4.29. The van der Waals surface area contributed by atoms with Gasteiger partial charge in [0.25, 0.3) is 5.91 Å². The van der Waals surface area contributed by atoms with Gasteiger partial charge in [-0.2, -0.15) is 0 Å². The first kappa shape index (κ1) is 15.1. The molecule has 1 aliphatic rings. The molecule has 3 N–H and O–H groups in total. The minimum absolute atomic E-state index is 0.166. The molecule has 20 heavy (non-hydrogen) atoms. The fourth-order valence-corrected chi connectivity index (χ4v) is 2.51. The molecule has 1 aromatic carbocycles. The Morgan fingerprint density at radius 1 is 1.40 bits per heavy atom. The van der Waals surface area contributed by atoms with E-state index >= 15 is 0 Å². The molecule has 0 radical (unpaired) electrons. The Morgan fingerprint density at radius 2 is 2.10 bits per heavy atom. The smallest absolute Gasteiger partial charge is 0.251 e. The van der Waals surface area contributed by atoms with Gasteiger partial charge in [0, 0.05) is 17.6 Å². The Balaban J connectivity index is 2.09. The number of fused-ring (bicyclic) bond motifs is 1. The molecule has 0 saturated carbocycles. The highest BCUT2D eigenvalue weighted by atomic mass is 79.9. The fraction of sp³-hybridized carbons (Fsp3) is 0.500. The Bertz CT molecular complexity index is 515. The lowest BCUT2D eigenvalue weighted by atomic mass is 9.94. The number of nitrogens with two attached hydrogens (primary N) is 1. The van der Waals surface area contributed by atoms with Crippen molar-refractivity contribution >= 4 is 21.8 Å². The largest absolute Gasteiger partial charge is 0.454 e. The van der Waals surface area contributed by atoms with Gasteiger partial charge in [-0.15, -0.1) is 0 Å². The van der Waals surface area contributed by atoms with Crippen molar-refractivity contribution in [2.75, 3.05) is 13.3 Å². The maximum absolute atomic E-state index is 12.2. The Hall–Kier alpha value is -1.27. The van der Waals surface area contributed by atoms with Crippen molar-refractivity contribution in [3.05, 3.63) is 22.2 Å². The molecule has 0 aliphatic carbocycles. The van der Waals surface area contributed by atoms with Crippen LogP contribution in [0.1, 0.15) is 37.0 Å². The topological polar surface area (TPSA) is 73.6 Å². The van der Waals surface area contributed by atoms with Gasteiger partial charge >= 0.3 is 0 Å². The van der Waals surface area contributed by atoms with Crippen LogP contribution < -0.4 is 20.5 Å². The lowest BCUT2D eigenvalue weighted by Crippen LogP contribution is -2.49. The molecule has 5 nitrogen and oxygen atoms in total. The first-order valence-corrected chi connectivity index (χ1v) is 7.44. The minimum Gasteiger partial charge on any atom is -0.454 e. The van der Waals surface area contributed by atoms with Crippen molar-refractivity contribution in [1.82, 2.24) is 5.32 Å². The normalized spacial score (nSPS) is 13.4. The van der Waals surface area contributed by atoms with Gasteiger partial charge in [-0.1, -0.05) is 13.8 Å².